The highest BCUT2D eigenvalue weighted by Crippen LogP contribution is 2.13. The maximum atomic E-state index is 8.11. The van der Waals surface area contributed by atoms with Gasteiger partial charge < -0.3 is 14.9 Å². The SMILES string of the molecule is CC(O)CO.CCCCCCC(C)OC(C)CCCCCC. The van der Waals surface area contributed by atoms with E-state index in [9.17, 15) is 0 Å². The number of rotatable bonds is 13. The van der Waals surface area contributed by atoms with E-state index in [1.54, 1.807) is 0 Å². The van der Waals surface area contributed by atoms with Crippen molar-refractivity contribution in [3.8, 4) is 0 Å². The second-order valence-corrected chi connectivity index (χ2v) is 6.49. The molecule has 3 nitrogen and oxygen atoms in total. The summed E-state index contributed by atoms with van der Waals surface area (Å²) in [4.78, 5) is 0. The van der Waals surface area contributed by atoms with Crippen LogP contribution in [0.4, 0.5) is 0 Å². The third-order valence-electron chi connectivity index (χ3n) is 3.66. The number of ether oxygens (including phenoxy) is 1. The van der Waals surface area contributed by atoms with Gasteiger partial charge in [-0.25, -0.2) is 0 Å². The minimum Gasteiger partial charge on any atom is -0.394 e. The summed E-state index contributed by atoms with van der Waals surface area (Å²) >= 11 is 0. The first-order valence-corrected chi connectivity index (χ1v) is 9.42. The number of aliphatic hydroxyl groups is 2. The molecule has 2 N–H and O–H groups in total. The van der Waals surface area contributed by atoms with Gasteiger partial charge in [0.1, 0.15) is 0 Å². The maximum Gasteiger partial charge on any atom is 0.0742 e. The standard InChI is InChI=1S/C16H34O.C3H8O2/c1-5-7-9-11-13-15(3)17-16(4)14-12-10-8-6-2;1-3(5)2-4/h15-16H,5-14H2,1-4H3;3-5H,2H2,1H3. The molecule has 0 aliphatic carbocycles. The topological polar surface area (TPSA) is 49.7 Å². The molecular formula is C19H42O3. The van der Waals surface area contributed by atoms with E-state index >= 15 is 0 Å². The average Bonchev–Trinajstić information content (AvgIpc) is 2.48. The Bertz CT molecular complexity index is 179. The zero-order chi connectivity index (χ0) is 17.2. The normalized spacial score (nSPS) is 14.9. The number of unbranched alkanes of at least 4 members (excludes halogenated alkanes) is 6. The van der Waals surface area contributed by atoms with Gasteiger partial charge in [0.15, 0.2) is 0 Å². The Balaban J connectivity index is 0. The molecule has 0 amide bonds. The van der Waals surface area contributed by atoms with Crippen LogP contribution in [0.15, 0.2) is 0 Å². The Labute approximate surface area is 139 Å². The molecule has 0 heterocycles. The van der Waals surface area contributed by atoms with Crippen LogP contribution in [0.5, 0.6) is 0 Å². The van der Waals surface area contributed by atoms with E-state index in [1.807, 2.05) is 0 Å². The van der Waals surface area contributed by atoms with Crippen molar-refractivity contribution in [1.82, 2.24) is 0 Å². The zero-order valence-corrected chi connectivity index (χ0v) is 15.8. The number of hydrogen-bond donors (Lipinski definition) is 2. The largest absolute Gasteiger partial charge is 0.394 e. The molecule has 136 valence electrons. The lowest BCUT2D eigenvalue weighted by Gasteiger charge is -2.19. The highest BCUT2D eigenvalue weighted by atomic mass is 16.5. The Hall–Kier alpha value is -0.120. The van der Waals surface area contributed by atoms with Gasteiger partial charge in [0.2, 0.25) is 0 Å². The summed E-state index contributed by atoms with van der Waals surface area (Å²) in [6, 6.07) is 0. The molecule has 3 atom stereocenters. The van der Waals surface area contributed by atoms with Gasteiger partial charge in [-0.3, -0.25) is 0 Å². The van der Waals surface area contributed by atoms with E-state index in [2.05, 4.69) is 27.7 Å². The number of hydrogen-bond acceptors (Lipinski definition) is 3. The molecule has 0 aromatic rings. The fraction of sp³-hybridized carbons (Fsp3) is 1.00. The minimum atomic E-state index is -0.560. The van der Waals surface area contributed by atoms with E-state index in [4.69, 9.17) is 14.9 Å². The molecule has 22 heavy (non-hydrogen) atoms. The predicted octanol–water partition coefficient (Wildman–Crippen LogP) is 5.08. The van der Waals surface area contributed by atoms with Crippen LogP contribution in [0.1, 0.15) is 98.8 Å². The van der Waals surface area contributed by atoms with Gasteiger partial charge in [-0.15, -0.1) is 0 Å². The third kappa shape index (κ3) is 22.2. The van der Waals surface area contributed by atoms with Gasteiger partial charge >= 0.3 is 0 Å². The molecule has 0 aromatic heterocycles. The molecule has 0 rings (SSSR count). The van der Waals surface area contributed by atoms with Crippen molar-refractivity contribution in [3.05, 3.63) is 0 Å². The van der Waals surface area contributed by atoms with E-state index < -0.39 is 6.10 Å². The van der Waals surface area contributed by atoms with Gasteiger partial charge in [-0.05, 0) is 33.6 Å². The van der Waals surface area contributed by atoms with Crippen LogP contribution in [-0.4, -0.2) is 35.1 Å². The first-order chi connectivity index (χ1) is 10.5. The highest BCUT2D eigenvalue weighted by Gasteiger charge is 2.08. The molecular weight excluding hydrogens is 276 g/mol. The van der Waals surface area contributed by atoms with Crippen molar-refractivity contribution in [3.63, 3.8) is 0 Å². The Morgan fingerprint density at radius 1 is 0.727 bits per heavy atom. The van der Waals surface area contributed by atoms with Crippen molar-refractivity contribution in [2.24, 2.45) is 0 Å². The highest BCUT2D eigenvalue weighted by molar-refractivity contribution is 4.57. The molecule has 0 aromatic carbocycles. The monoisotopic (exact) mass is 318 g/mol. The second kappa shape index (κ2) is 18.9. The van der Waals surface area contributed by atoms with Gasteiger partial charge in [0, 0.05) is 0 Å². The van der Waals surface area contributed by atoms with Gasteiger partial charge in [0.25, 0.3) is 0 Å². The zero-order valence-electron chi connectivity index (χ0n) is 15.8. The lowest BCUT2D eigenvalue weighted by Crippen LogP contribution is -2.17. The van der Waals surface area contributed by atoms with E-state index in [1.165, 1.54) is 71.1 Å². The molecule has 3 unspecified atom stereocenters. The lowest BCUT2D eigenvalue weighted by molar-refractivity contribution is -0.00229. The van der Waals surface area contributed by atoms with Crippen molar-refractivity contribution >= 4 is 0 Å². The summed E-state index contributed by atoms with van der Waals surface area (Å²) in [7, 11) is 0. The fourth-order valence-electron chi connectivity index (χ4n) is 2.25. The quantitative estimate of drug-likeness (QED) is 0.466. The van der Waals surface area contributed by atoms with Crippen LogP contribution in [0, 0.1) is 0 Å². The molecule has 0 spiro atoms. The molecule has 0 bridgehead atoms. The summed E-state index contributed by atoms with van der Waals surface area (Å²) in [5, 5.41) is 16.0. The second-order valence-electron chi connectivity index (χ2n) is 6.49. The Morgan fingerprint density at radius 2 is 1.09 bits per heavy atom. The Kier molecular flexibility index (Phi) is 20.8. The molecule has 0 aliphatic heterocycles. The summed E-state index contributed by atoms with van der Waals surface area (Å²) in [5.74, 6) is 0. The molecule has 0 fully saturated rings. The summed E-state index contributed by atoms with van der Waals surface area (Å²) in [6.07, 6.45) is 13.6. The third-order valence-corrected chi connectivity index (χ3v) is 3.66. The van der Waals surface area contributed by atoms with Crippen LogP contribution in [-0.2, 0) is 4.74 Å². The van der Waals surface area contributed by atoms with E-state index in [-0.39, 0.29) is 6.61 Å². The average molecular weight is 319 g/mol. The molecule has 0 saturated carbocycles. The first kappa shape index (κ1) is 24.1. The summed E-state index contributed by atoms with van der Waals surface area (Å²) < 4.78 is 6.01. The van der Waals surface area contributed by atoms with E-state index in [0.717, 1.165) is 0 Å². The van der Waals surface area contributed by atoms with Crippen molar-refractivity contribution < 1.29 is 14.9 Å². The van der Waals surface area contributed by atoms with Crippen LogP contribution >= 0.6 is 0 Å². The fourth-order valence-corrected chi connectivity index (χ4v) is 2.25. The summed E-state index contributed by atoms with van der Waals surface area (Å²) in [5.41, 5.74) is 0. The van der Waals surface area contributed by atoms with Crippen molar-refractivity contribution in [2.45, 2.75) is 117 Å². The van der Waals surface area contributed by atoms with Crippen LogP contribution in [0.2, 0.25) is 0 Å². The van der Waals surface area contributed by atoms with Crippen LogP contribution in [0.3, 0.4) is 0 Å². The lowest BCUT2D eigenvalue weighted by atomic mass is 10.1. The summed E-state index contributed by atoms with van der Waals surface area (Å²) in [6.45, 7) is 10.4. The number of aliphatic hydroxyl groups excluding tert-OH is 2. The van der Waals surface area contributed by atoms with E-state index in [0.29, 0.717) is 12.2 Å². The van der Waals surface area contributed by atoms with Crippen LogP contribution in [0.25, 0.3) is 0 Å². The van der Waals surface area contributed by atoms with Gasteiger partial charge in [-0.1, -0.05) is 65.2 Å². The minimum absolute atomic E-state index is 0.139. The predicted molar refractivity (Wildman–Crippen MR) is 96.3 cm³/mol. The molecule has 0 radical (unpaired) electrons. The smallest absolute Gasteiger partial charge is 0.0742 e. The van der Waals surface area contributed by atoms with Gasteiger partial charge in [-0.2, -0.15) is 0 Å². The maximum absolute atomic E-state index is 8.11. The molecule has 3 heteroatoms. The van der Waals surface area contributed by atoms with Crippen LogP contribution < -0.4 is 0 Å². The molecule has 0 saturated heterocycles. The molecule has 0 aliphatic rings. The van der Waals surface area contributed by atoms with Crippen molar-refractivity contribution in [2.75, 3.05) is 6.61 Å². The van der Waals surface area contributed by atoms with Gasteiger partial charge in [0.05, 0.1) is 24.9 Å². The van der Waals surface area contributed by atoms with Crippen molar-refractivity contribution in [1.29, 1.82) is 0 Å². The Morgan fingerprint density at radius 3 is 1.36 bits per heavy atom. The first-order valence-electron chi connectivity index (χ1n) is 9.42.